The number of amides is 1. The molecule has 1 saturated heterocycles. The van der Waals surface area contributed by atoms with Gasteiger partial charge in [-0.2, -0.15) is 0 Å². The summed E-state index contributed by atoms with van der Waals surface area (Å²) in [6.45, 7) is 3.03. The number of carbonyl (C=O) groups is 1. The Bertz CT molecular complexity index is 442. The first-order valence-corrected chi connectivity index (χ1v) is 5.55. The molecule has 1 fully saturated rings. The molecule has 0 radical (unpaired) electrons. The second-order valence-corrected chi connectivity index (χ2v) is 4.24. The smallest absolute Gasteiger partial charge is 0.254 e. The van der Waals surface area contributed by atoms with E-state index in [-0.39, 0.29) is 17.2 Å². The van der Waals surface area contributed by atoms with E-state index in [0.29, 0.717) is 6.54 Å². The van der Waals surface area contributed by atoms with E-state index in [1.165, 1.54) is 13.0 Å². The minimum atomic E-state index is -0.823. The van der Waals surface area contributed by atoms with Crippen molar-refractivity contribution in [2.24, 2.45) is 0 Å². The molecular formula is C12H14F2N2O. The van der Waals surface area contributed by atoms with E-state index in [1.807, 2.05) is 0 Å². The molecule has 0 bridgehead atoms. The fourth-order valence-electron chi connectivity index (χ4n) is 1.87. The van der Waals surface area contributed by atoms with Gasteiger partial charge in [0.05, 0.1) is 5.56 Å². The summed E-state index contributed by atoms with van der Waals surface area (Å²) in [4.78, 5) is 11.8. The van der Waals surface area contributed by atoms with Gasteiger partial charge >= 0.3 is 0 Å². The van der Waals surface area contributed by atoms with Gasteiger partial charge in [-0.15, -0.1) is 0 Å². The molecule has 1 aromatic rings. The quantitative estimate of drug-likeness (QED) is 0.819. The van der Waals surface area contributed by atoms with Crippen LogP contribution in [-0.4, -0.2) is 25.0 Å². The first-order valence-electron chi connectivity index (χ1n) is 5.55. The van der Waals surface area contributed by atoms with Crippen molar-refractivity contribution in [3.05, 3.63) is 34.9 Å². The average Bonchev–Trinajstić information content (AvgIpc) is 2.76. The first kappa shape index (κ1) is 12.0. The second kappa shape index (κ2) is 4.79. The monoisotopic (exact) mass is 240 g/mol. The summed E-state index contributed by atoms with van der Waals surface area (Å²) in [5, 5.41) is 5.81. The molecule has 0 aliphatic carbocycles. The van der Waals surface area contributed by atoms with Gasteiger partial charge in [-0.25, -0.2) is 8.78 Å². The summed E-state index contributed by atoms with van der Waals surface area (Å²) in [6.07, 6.45) is 0.827. The van der Waals surface area contributed by atoms with Crippen molar-refractivity contribution in [1.29, 1.82) is 0 Å². The number of benzene rings is 1. The Kier molecular flexibility index (Phi) is 3.38. The highest BCUT2D eigenvalue weighted by Gasteiger charge is 2.20. The van der Waals surface area contributed by atoms with E-state index in [1.54, 1.807) is 0 Å². The number of rotatable bonds is 2. The molecule has 92 valence electrons. The van der Waals surface area contributed by atoms with Crippen LogP contribution in [0.15, 0.2) is 12.1 Å². The van der Waals surface area contributed by atoms with Crippen LogP contribution in [0.25, 0.3) is 0 Å². The normalized spacial score (nSPS) is 19.4. The molecule has 2 N–H and O–H groups in total. The lowest BCUT2D eigenvalue weighted by molar-refractivity contribution is 0.0936. The first-order chi connectivity index (χ1) is 8.08. The Morgan fingerprint density at radius 1 is 1.41 bits per heavy atom. The Balaban J connectivity index is 2.15. The number of aryl methyl sites for hydroxylation is 1. The van der Waals surface area contributed by atoms with E-state index in [2.05, 4.69) is 10.6 Å². The van der Waals surface area contributed by atoms with E-state index >= 15 is 0 Å². The van der Waals surface area contributed by atoms with Crippen LogP contribution in [0, 0.1) is 18.6 Å². The topological polar surface area (TPSA) is 41.1 Å². The van der Waals surface area contributed by atoms with Crippen LogP contribution in [-0.2, 0) is 0 Å². The number of hydrogen-bond donors (Lipinski definition) is 2. The van der Waals surface area contributed by atoms with Crippen LogP contribution in [0.4, 0.5) is 8.78 Å². The van der Waals surface area contributed by atoms with Gasteiger partial charge in [-0.1, -0.05) is 0 Å². The number of carbonyl (C=O) groups excluding carboxylic acids is 1. The molecular weight excluding hydrogens is 226 g/mol. The Morgan fingerprint density at radius 3 is 2.82 bits per heavy atom. The van der Waals surface area contributed by atoms with Crippen LogP contribution in [0.1, 0.15) is 22.3 Å². The maximum Gasteiger partial charge on any atom is 0.254 e. The second-order valence-electron chi connectivity index (χ2n) is 4.24. The van der Waals surface area contributed by atoms with Crippen molar-refractivity contribution >= 4 is 5.91 Å². The minimum absolute atomic E-state index is 0.0206. The molecule has 0 saturated carbocycles. The van der Waals surface area contributed by atoms with Gasteiger partial charge in [0.15, 0.2) is 0 Å². The molecule has 17 heavy (non-hydrogen) atoms. The van der Waals surface area contributed by atoms with E-state index in [0.717, 1.165) is 19.0 Å². The fraction of sp³-hybridized carbons (Fsp3) is 0.417. The molecule has 1 aliphatic heterocycles. The highest BCUT2D eigenvalue weighted by Crippen LogP contribution is 2.14. The number of nitrogens with one attached hydrogen (secondary N) is 2. The van der Waals surface area contributed by atoms with Crippen LogP contribution in [0.5, 0.6) is 0 Å². The summed E-state index contributed by atoms with van der Waals surface area (Å²) in [6, 6.07) is 2.01. The Morgan fingerprint density at radius 2 is 2.18 bits per heavy atom. The zero-order chi connectivity index (χ0) is 12.4. The minimum Gasteiger partial charge on any atom is -0.348 e. The van der Waals surface area contributed by atoms with Crippen LogP contribution in [0.3, 0.4) is 0 Å². The highest BCUT2D eigenvalue weighted by molar-refractivity contribution is 5.94. The Labute approximate surface area is 98.2 Å². The third-order valence-electron chi connectivity index (χ3n) is 2.89. The molecule has 0 spiro atoms. The van der Waals surface area contributed by atoms with Gasteiger partial charge in [0.1, 0.15) is 11.6 Å². The van der Waals surface area contributed by atoms with Crippen LogP contribution < -0.4 is 10.6 Å². The Hall–Kier alpha value is -1.49. The third kappa shape index (κ3) is 2.61. The van der Waals surface area contributed by atoms with Crippen LogP contribution >= 0.6 is 0 Å². The van der Waals surface area contributed by atoms with Crippen molar-refractivity contribution in [1.82, 2.24) is 10.6 Å². The third-order valence-corrected chi connectivity index (χ3v) is 2.89. The van der Waals surface area contributed by atoms with Crippen molar-refractivity contribution in [3.63, 3.8) is 0 Å². The maximum absolute atomic E-state index is 13.4. The molecule has 1 heterocycles. The zero-order valence-electron chi connectivity index (χ0n) is 9.52. The molecule has 1 aromatic carbocycles. The van der Waals surface area contributed by atoms with Crippen molar-refractivity contribution in [2.45, 2.75) is 19.4 Å². The lowest BCUT2D eigenvalue weighted by Crippen LogP contribution is -2.36. The van der Waals surface area contributed by atoms with Gasteiger partial charge in [0.2, 0.25) is 0 Å². The van der Waals surface area contributed by atoms with E-state index < -0.39 is 17.5 Å². The zero-order valence-corrected chi connectivity index (χ0v) is 9.52. The van der Waals surface area contributed by atoms with Crippen LogP contribution in [0.2, 0.25) is 0 Å². The molecule has 1 amide bonds. The van der Waals surface area contributed by atoms with Crippen molar-refractivity contribution in [2.75, 3.05) is 13.1 Å². The summed E-state index contributed by atoms with van der Waals surface area (Å²) in [7, 11) is 0. The van der Waals surface area contributed by atoms with Crippen molar-refractivity contribution < 1.29 is 13.6 Å². The molecule has 0 unspecified atom stereocenters. The number of halogens is 2. The molecule has 0 aromatic heterocycles. The van der Waals surface area contributed by atoms with Gasteiger partial charge in [0.25, 0.3) is 5.91 Å². The average molecular weight is 240 g/mol. The van der Waals surface area contributed by atoms with Crippen molar-refractivity contribution in [3.8, 4) is 0 Å². The summed E-state index contributed by atoms with van der Waals surface area (Å²) >= 11 is 0. The summed E-state index contributed by atoms with van der Waals surface area (Å²) < 4.78 is 26.5. The summed E-state index contributed by atoms with van der Waals surface area (Å²) in [5.41, 5.74) is 0.164. The standard InChI is InChI=1S/C12H14F2N2O/c1-7-4-9(11(14)5-10(7)13)12(17)16-8-2-3-15-6-8/h4-5,8,15H,2-3,6H2,1H3,(H,16,17)/t8-/m0/s1. The van der Waals surface area contributed by atoms with E-state index in [4.69, 9.17) is 0 Å². The lowest BCUT2D eigenvalue weighted by Gasteiger charge is -2.12. The summed E-state index contributed by atoms with van der Waals surface area (Å²) in [5.74, 6) is -1.95. The predicted octanol–water partition coefficient (Wildman–Crippen LogP) is 1.36. The largest absolute Gasteiger partial charge is 0.348 e. The predicted molar refractivity (Wildman–Crippen MR) is 59.8 cm³/mol. The maximum atomic E-state index is 13.4. The van der Waals surface area contributed by atoms with Gasteiger partial charge < -0.3 is 10.6 Å². The molecule has 5 heteroatoms. The molecule has 3 nitrogen and oxygen atoms in total. The number of hydrogen-bond acceptors (Lipinski definition) is 2. The van der Waals surface area contributed by atoms with Gasteiger partial charge in [0, 0.05) is 18.7 Å². The molecule has 2 rings (SSSR count). The fourth-order valence-corrected chi connectivity index (χ4v) is 1.87. The lowest BCUT2D eigenvalue weighted by atomic mass is 10.1. The van der Waals surface area contributed by atoms with E-state index in [9.17, 15) is 13.6 Å². The molecule has 1 atom stereocenters. The van der Waals surface area contributed by atoms with Gasteiger partial charge in [-0.3, -0.25) is 4.79 Å². The SMILES string of the molecule is Cc1cc(C(=O)N[C@H]2CCNC2)c(F)cc1F. The highest BCUT2D eigenvalue weighted by atomic mass is 19.1. The van der Waals surface area contributed by atoms with Gasteiger partial charge in [-0.05, 0) is 31.5 Å². The molecule has 1 aliphatic rings.